The summed E-state index contributed by atoms with van der Waals surface area (Å²) in [5.74, 6) is -0.136. The predicted molar refractivity (Wildman–Crippen MR) is 59.5 cm³/mol. The molecule has 0 unspecified atom stereocenters. The largest absolute Gasteiger partial charge is 0.207 e. The van der Waals surface area contributed by atoms with Crippen LogP contribution >= 0.6 is 11.6 Å². The summed E-state index contributed by atoms with van der Waals surface area (Å²) in [5.41, 5.74) is 0.715. The van der Waals surface area contributed by atoms with E-state index in [2.05, 4.69) is 0 Å². The van der Waals surface area contributed by atoms with Crippen molar-refractivity contribution in [3.8, 4) is 0 Å². The summed E-state index contributed by atoms with van der Waals surface area (Å²) in [7, 11) is 0. The summed E-state index contributed by atoms with van der Waals surface area (Å²) in [6, 6.07) is 4.08. The number of benzene rings is 1. The zero-order chi connectivity index (χ0) is 11.4. The maximum Gasteiger partial charge on any atom is 0.129 e. The van der Waals surface area contributed by atoms with Crippen LogP contribution in [-0.4, -0.2) is 5.88 Å². The second-order valence-corrected chi connectivity index (χ2v) is 5.81. The highest BCUT2D eigenvalue weighted by molar-refractivity contribution is 6.18. The van der Waals surface area contributed by atoms with Crippen molar-refractivity contribution >= 4 is 11.6 Å². The topological polar surface area (TPSA) is 0 Å². The fraction of sp³-hybridized carbons (Fsp3) is 0.538. The van der Waals surface area contributed by atoms with Crippen molar-refractivity contribution in [2.24, 2.45) is 10.8 Å². The smallest absolute Gasteiger partial charge is 0.129 e. The van der Waals surface area contributed by atoms with Gasteiger partial charge in [-0.15, -0.1) is 11.6 Å². The average molecular weight is 243 g/mol. The Morgan fingerprint density at radius 1 is 1.06 bits per heavy atom. The molecule has 1 aromatic rings. The lowest BCUT2D eigenvalue weighted by Gasteiger charge is -2.71. The van der Waals surface area contributed by atoms with Crippen molar-refractivity contribution in [1.82, 2.24) is 0 Å². The molecule has 0 aliphatic heterocycles. The van der Waals surface area contributed by atoms with Crippen molar-refractivity contribution in [2.45, 2.75) is 25.7 Å². The van der Waals surface area contributed by atoms with E-state index in [4.69, 9.17) is 11.6 Å². The van der Waals surface area contributed by atoms with Crippen LogP contribution < -0.4 is 0 Å². The number of hydrogen-bond donors (Lipinski definition) is 0. The fourth-order valence-corrected chi connectivity index (χ4v) is 3.92. The first kappa shape index (κ1) is 10.5. The summed E-state index contributed by atoms with van der Waals surface area (Å²) in [4.78, 5) is 0. The molecule has 3 aliphatic rings. The van der Waals surface area contributed by atoms with Crippen molar-refractivity contribution in [1.29, 1.82) is 0 Å². The molecule has 3 saturated carbocycles. The lowest BCUT2D eigenvalue weighted by Crippen LogP contribution is -2.63. The highest BCUT2D eigenvalue weighted by Gasteiger charge is 2.66. The summed E-state index contributed by atoms with van der Waals surface area (Å²) < 4.78 is 26.9. The van der Waals surface area contributed by atoms with Crippen LogP contribution in [0.1, 0.15) is 24.8 Å². The van der Waals surface area contributed by atoms with Gasteiger partial charge in [-0.05, 0) is 48.6 Å². The Kier molecular flexibility index (Phi) is 2.10. The normalized spacial score (nSPS) is 35.4. The molecular weight excluding hydrogens is 230 g/mol. The zero-order valence-corrected chi connectivity index (χ0v) is 9.66. The van der Waals surface area contributed by atoms with Gasteiger partial charge < -0.3 is 0 Å². The van der Waals surface area contributed by atoms with E-state index in [0.29, 0.717) is 17.7 Å². The Balaban J connectivity index is 1.78. The molecule has 0 amide bonds. The summed E-state index contributed by atoms with van der Waals surface area (Å²) >= 11 is 5.86. The predicted octanol–water partition coefficient (Wildman–Crippen LogP) is 3.92. The van der Waals surface area contributed by atoms with E-state index in [1.54, 1.807) is 0 Å². The molecule has 0 atom stereocenters. The molecule has 86 valence electrons. The molecule has 0 N–H and O–H groups in total. The van der Waals surface area contributed by atoms with Crippen LogP contribution in [0.15, 0.2) is 18.2 Å². The molecule has 3 aliphatic carbocycles. The quantitative estimate of drug-likeness (QED) is 0.705. The van der Waals surface area contributed by atoms with Crippen LogP contribution in [0.25, 0.3) is 0 Å². The fourth-order valence-electron chi connectivity index (χ4n) is 3.64. The van der Waals surface area contributed by atoms with Gasteiger partial charge >= 0.3 is 0 Å². The van der Waals surface area contributed by atoms with Gasteiger partial charge in [-0.1, -0.05) is 6.07 Å². The Bertz CT molecular complexity index is 402. The van der Waals surface area contributed by atoms with Crippen LogP contribution in [-0.2, 0) is 6.42 Å². The van der Waals surface area contributed by atoms with E-state index in [1.807, 2.05) is 0 Å². The van der Waals surface area contributed by atoms with Crippen LogP contribution in [0.4, 0.5) is 8.78 Å². The first-order valence-corrected chi connectivity index (χ1v) is 6.11. The third-order valence-corrected chi connectivity index (χ3v) is 4.71. The third-order valence-electron chi connectivity index (χ3n) is 4.15. The van der Waals surface area contributed by atoms with Crippen molar-refractivity contribution in [3.63, 3.8) is 0 Å². The molecule has 0 aromatic heterocycles. The lowest BCUT2D eigenvalue weighted by molar-refractivity contribution is -0.187. The molecular formula is C13H13ClF2. The molecule has 4 rings (SSSR count). The van der Waals surface area contributed by atoms with Gasteiger partial charge in [-0.25, -0.2) is 8.78 Å². The standard InChI is InChI=1S/C13H13ClF2/c14-8-13-5-12(6-13,7-13)4-9-10(15)2-1-3-11(9)16/h1-3H,4-8H2. The average Bonchev–Trinajstić information content (AvgIpc) is 2.13. The molecule has 3 heteroatoms. The maximum absolute atomic E-state index is 13.5. The third kappa shape index (κ3) is 1.32. The van der Waals surface area contributed by atoms with Crippen molar-refractivity contribution < 1.29 is 8.78 Å². The molecule has 1 aromatic carbocycles. The highest BCUT2D eigenvalue weighted by Crippen LogP contribution is 2.74. The van der Waals surface area contributed by atoms with Crippen LogP contribution in [0, 0.1) is 22.5 Å². The van der Waals surface area contributed by atoms with E-state index >= 15 is 0 Å². The van der Waals surface area contributed by atoms with Crippen molar-refractivity contribution in [2.75, 3.05) is 5.88 Å². The molecule has 2 bridgehead atoms. The second kappa shape index (κ2) is 3.19. The number of alkyl halides is 1. The minimum Gasteiger partial charge on any atom is -0.207 e. The van der Waals surface area contributed by atoms with Gasteiger partial charge in [-0.2, -0.15) is 0 Å². The molecule has 0 heterocycles. The first-order valence-electron chi connectivity index (χ1n) is 5.57. The van der Waals surface area contributed by atoms with Gasteiger partial charge in [0, 0.05) is 11.4 Å². The Hall–Kier alpha value is -0.630. The minimum atomic E-state index is -0.412. The van der Waals surface area contributed by atoms with Gasteiger partial charge in [0.05, 0.1) is 0 Å². The lowest BCUT2D eigenvalue weighted by atomic mass is 9.34. The Morgan fingerprint density at radius 3 is 2.12 bits per heavy atom. The highest BCUT2D eigenvalue weighted by atomic mass is 35.5. The van der Waals surface area contributed by atoms with Gasteiger partial charge in [0.2, 0.25) is 0 Å². The Labute approximate surface area is 98.6 Å². The number of halogens is 3. The molecule has 16 heavy (non-hydrogen) atoms. The Morgan fingerprint density at radius 2 is 1.62 bits per heavy atom. The van der Waals surface area contributed by atoms with E-state index in [-0.39, 0.29) is 11.0 Å². The van der Waals surface area contributed by atoms with Gasteiger partial charge in [0.15, 0.2) is 0 Å². The summed E-state index contributed by atoms with van der Waals surface area (Å²) in [6.45, 7) is 0. The van der Waals surface area contributed by atoms with Gasteiger partial charge in [-0.3, -0.25) is 0 Å². The first-order chi connectivity index (χ1) is 7.58. The van der Waals surface area contributed by atoms with Crippen molar-refractivity contribution in [3.05, 3.63) is 35.4 Å². The van der Waals surface area contributed by atoms with Gasteiger partial charge in [0.1, 0.15) is 11.6 Å². The van der Waals surface area contributed by atoms with E-state index in [9.17, 15) is 8.78 Å². The van der Waals surface area contributed by atoms with E-state index in [1.165, 1.54) is 18.2 Å². The van der Waals surface area contributed by atoms with E-state index < -0.39 is 11.6 Å². The monoisotopic (exact) mass is 242 g/mol. The maximum atomic E-state index is 13.5. The molecule has 0 saturated heterocycles. The molecule has 0 radical (unpaired) electrons. The zero-order valence-electron chi connectivity index (χ0n) is 8.90. The summed E-state index contributed by atoms with van der Waals surface area (Å²) in [5, 5.41) is 0. The molecule has 3 fully saturated rings. The second-order valence-electron chi connectivity index (χ2n) is 5.54. The van der Waals surface area contributed by atoms with E-state index in [0.717, 1.165) is 19.3 Å². The SMILES string of the molecule is Fc1cccc(F)c1CC12CC(CCl)(C1)C2. The minimum absolute atomic E-state index is 0.151. The number of rotatable bonds is 3. The van der Waals surface area contributed by atoms with Gasteiger partial charge in [0.25, 0.3) is 0 Å². The van der Waals surface area contributed by atoms with Crippen LogP contribution in [0.3, 0.4) is 0 Å². The molecule has 0 nitrogen and oxygen atoms in total. The number of hydrogen-bond acceptors (Lipinski definition) is 0. The molecule has 0 spiro atoms. The summed E-state index contributed by atoms with van der Waals surface area (Å²) in [6.07, 6.45) is 3.65. The van der Waals surface area contributed by atoms with Crippen LogP contribution in [0.2, 0.25) is 0 Å². The van der Waals surface area contributed by atoms with Crippen LogP contribution in [0.5, 0.6) is 0 Å².